The van der Waals surface area contributed by atoms with Gasteiger partial charge in [-0.3, -0.25) is 10.1 Å². The van der Waals surface area contributed by atoms with E-state index in [0.29, 0.717) is 15.7 Å². The lowest BCUT2D eigenvalue weighted by Crippen LogP contribution is -2.15. The van der Waals surface area contributed by atoms with E-state index in [2.05, 4.69) is 20.6 Å². The summed E-state index contributed by atoms with van der Waals surface area (Å²) in [6.45, 7) is 6.04. The summed E-state index contributed by atoms with van der Waals surface area (Å²) in [6, 6.07) is 7.39. The molecule has 6 nitrogen and oxygen atoms in total. The van der Waals surface area contributed by atoms with Crippen LogP contribution < -0.4 is 5.32 Å². The molecule has 0 bridgehead atoms. The number of anilines is 1. The van der Waals surface area contributed by atoms with E-state index in [1.165, 1.54) is 11.3 Å². The number of nitrogens with one attached hydrogen (secondary N) is 1. The number of hydrogen-bond acceptors (Lipinski definition) is 5. The summed E-state index contributed by atoms with van der Waals surface area (Å²) >= 11 is 7.46. The molecule has 0 aliphatic heterocycles. The van der Waals surface area contributed by atoms with E-state index in [-0.39, 0.29) is 11.8 Å². The predicted octanol–water partition coefficient (Wildman–Crippen LogP) is 4.32. The highest BCUT2D eigenvalue weighted by Crippen LogP contribution is 2.25. The zero-order chi connectivity index (χ0) is 18.0. The first-order valence-corrected chi connectivity index (χ1v) is 9.16. The van der Waals surface area contributed by atoms with Crippen molar-refractivity contribution in [1.82, 2.24) is 20.0 Å². The minimum atomic E-state index is -0.240. The third kappa shape index (κ3) is 3.72. The van der Waals surface area contributed by atoms with Gasteiger partial charge in [-0.15, -0.1) is 10.2 Å². The van der Waals surface area contributed by atoms with Gasteiger partial charge in [0.1, 0.15) is 5.01 Å². The fourth-order valence-electron chi connectivity index (χ4n) is 2.51. The first kappa shape index (κ1) is 17.6. The summed E-state index contributed by atoms with van der Waals surface area (Å²) in [7, 11) is 0. The molecule has 1 amide bonds. The maximum Gasteiger partial charge on any atom is 0.260 e. The van der Waals surface area contributed by atoms with E-state index in [0.717, 1.165) is 22.8 Å². The van der Waals surface area contributed by atoms with Gasteiger partial charge in [0.25, 0.3) is 5.91 Å². The van der Waals surface area contributed by atoms with Crippen LogP contribution in [0, 0.1) is 0 Å². The minimum absolute atomic E-state index is 0.0999. The van der Waals surface area contributed by atoms with E-state index >= 15 is 0 Å². The van der Waals surface area contributed by atoms with Crippen LogP contribution in [0.25, 0.3) is 5.69 Å². The quantitative estimate of drug-likeness (QED) is 0.720. The molecule has 2 aromatic heterocycles. The third-order valence-electron chi connectivity index (χ3n) is 3.64. The van der Waals surface area contributed by atoms with E-state index < -0.39 is 0 Å². The topological polar surface area (TPSA) is 72.7 Å². The molecule has 0 aliphatic carbocycles. The zero-order valence-electron chi connectivity index (χ0n) is 14.2. The van der Waals surface area contributed by atoms with Crippen LogP contribution in [0.3, 0.4) is 0 Å². The fourth-order valence-corrected chi connectivity index (χ4v) is 3.37. The van der Waals surface area contributed by atoms with Gasteiger partial charge in [-0.25, -0.2) is 4.68 Å². The molecule has 25 heavy (non-hydrogen) atoms. The number of rotatable bonds is 5. The normalized spacial score (nSPS) is 11.1. The van der Waals surface area contributed by atoms with Crippen LogP contribution in [0.1, 0.15) is 47.7 Å². The van der Waals surface area contributed by atoms with E-state index in [1.54, 1.807) is 16.9 Å². The number of aryl methyl sites for hydroxylation is 1. The van der Waals surface area contributed by atoms with Crippen LogP contribution in [-0.2, 0) is 6.42 Å². The molecule has 0 radical (unpaired) electrons. The minimum Gasteiger partial charge on any atom is -0.296 e. The Morgan fingerprint density at radius 3 is 2.80 bits per heavy atom. The highest BCUT2D eigenvalue weighted by molar-refractivity contribution is 7.15. The number of hydrogen-bond donors (Lipinski definition) is 1. The molecule has 0 aliphatic rings. The lowest BCUT2D eigenvalue weighted by Gasteiger charge is -2.12. The Labute approximate surface area is 154 Å². The average Bonchev–Trinajstić information content (AvgIpc) is 3.21. The van der Waals surface area contributed by atoms with Gasteiger partial charge in [0, 0.05) is 5.02 Å². The van der Waals surface area contributed by atoms with Crippen molar-refractivity contribution >= 4 is 34.0 Å². The van der Waals surface area contributed by atoms with Gasteiger partial charge in [0.2, 0.25) is 5.13 Å². The van der Waals surface area contributed by atoms with E-state index in [4.69, 9.17) is 11.6 Å². The van der Waals surface area contributed by atoms with Crippen molar-refractivity contribution in [2.24, 2.45) is 0 Å². The largest absolute Gasteiger partial charge is 0.296 e. The lowest BCUT2D eigenvalue weighted by atomic mass is 10.1. The van der Waals surface area contributed by atoms with Gasteiger partial charge < -0.3 is 0 Å². The van der Waals surface area contributed by atoms with Crippen molar-refractivity contribution in [3.05, 3.63) is 51.7 Å². The van der Waals surface area contributed by atoms with Crippen molar-refractivity contribution < 1.29 is 4.79 Å². The number of amides is 1. The zero-order valence-corrected chi connectivity index (χ0v) is 15.7. The third-order valence-corrected chi connectivity index (χ3v) is 4.86. The second-order valence-electron chi connectivity index (χ2n) is 5.80. The highest BCUT2D eigenvalue weighted by Gasteiger charge is 2.22. The summed E-state index contributed by atoms with van der Waals surface area (Å²) in [5, 5.41) is 17.2. The van der Waals surface area contributed by atoms with Crippen LogP contribution in [0.2, 0.25) is 5.02 Å². The van der Waals surface area contributed by atoms with E-state index in [1.807, 2.05) is 39.0 Å². The number of nitrogens with zero attached hydrogens (tertiary/aromatic N) is 4. The Bertz CT molecular complexity index is 902. The van der Waals surface area contributed by atoms with Crippen LogP contribution >= 0.6 is 22.9 Å². The smallest absolute Gasteiger partial charge is 0.260 e. The molecule has 1 aromatic carbocycles. The van der Waals surface area contributed by atoms with Gasteiger partial charge in [-0.2, -0.15) is 5.10 Å². The molecule has 130 valence electrons. The molecule has 0 atom stereocenters. The summed E-state index contributed by atoms with van der Waals surface area (Å²) in [4.78, 5) is 12.7. The molecule has 0 saturated carbocycles. The number of benzene rings is 1. The predicted molar refractivity (Wildman–Crippen MR) is 99.9 cm³/mol. The van der Waals surface area contributed by atoms with Crippen molar-refractivity contribution in [2.45, 2.75) is 33.1 Å². The monoisotopic (exact) mass is 375 g/mol. The SMILES string of the molecule is CCc1nnc(NC(=O)c2cnn(-c3cccc(Cl)c3)c2C(C)C)s1. The first-order valence-electron chi connectivity index (χ1n) is 7.97. The fraction of sp³-hybridized carbons (Fsp3) is 0.294. The molecule has 0 fully saturated rings. The average molecular weight is 376 g/mol. The number of halogens is 1. The molecule has 0 spiro atoms. The van der Waals surface area contributed by atoms with Crippen molar-refractivity contribution in [3.63, 3.8) is 0 Å². The Hall–Kier alpha value is -2.25. The number of carbonyl (C=O) groups is 1. The molecular formula is C17H18ClN5OS. The number of carbonyl (C=O) groups excluding carboxylic acids is 1. The second-order valence-corrected chi connectivity index (χ2v) is 7.30. The Morgan fingerprint density at radius 1 is 1.36 bits per heavy atom. The standard InChI is InChI=1S/C17H18ClN5OS/c1-4-14-21-22-17(25-14)20-16(24)13-9-19-23(15(13)10(2)3)12-7-5-6-11(18)8-12/h5-10H,4H2,1-3H3,(H,20,22,24). The van der Waals surface area contributed by atoms with Crippen molar-refractivity contribution in [3.8, 4) is 5.69 Å². The molecular weight excluding hydrogens is 358 g/mol. The van der Waals surface area contributed by atoms with Crippen molar-refractivity contribution in [1.29, 1.82) is 0 Å². The second kappa shape index (κ2) is 7.33. The molecule has 1 N–H and O–H groups in total. The molecule has 2 heterocycles. The van der Waals surface area contributed by atoms with Gasteiger partial charge in [-0.1, -0.05) is 49.8 Å². The van der Waals surface area contributed by atoms with Gasteiger partial charge in [-0.05, 0) is 30.5 Å². The molecule has 8 heteroatoms. The molecule has 3 aromatic rings. The lowest BCUT2D eigenvalue weighted by molar-refractivity contribution is 0.102. The Kier molecular flexibility index (Phi) is 5.15. The van der Waals surface area contributed by atoms with E-state index in [9.17, 15) is 4.79 Å². The summed E-state index contributed by atoms with van der Waals surface area (Å²) in [5.74, 6) is -0.140. The molecule has 3 rings (SSSR count). The molecule has 0 saturated heterocycles. The van der Waals surface area contributed by atoms with Crippen LogP contribution in [-0.4, -0.2) is 25.9 Å². The highest BCUT2D eigenvalue weighted by atomic mass is 35.5. The van der Waals surface area contributed by atoms with Gasteiger partial charge in [0.05, 0.1) is 23.1 Å². The van der Waals surface area contributed by atoms with Gasteiger partial charge >= 0.3 is 0 Å². The van der Waals surface area contributed by atoms with Crippen LogP contribution in [0.4, 0.5) is 5.13 Å². The Balaban J connectivity index is 1.95. The maximum absolute atomic E-state index is 12.7. The van der Waals surface area contributed by atoms with Gasteiger partial charge in [0.15, 0.2) is 0 Å². The molecule has 0 unspecified atom stereocenters. The summed E-state index contributed by atoms with van der Waals surface area (Å²) in [5.41, 5.74) is 2.16. The Morgan fingerprint density at radius 2 is 2.16 bits per heavy atom. The first-order chi connectivity index (χ1) is 12.0. The number of aromatic nitrogens is 4. The summed E-state index contributed by atoms with van der Waals surface area (Å²) in [6.07, 6.45) is 2.37. The van der Waals surface area contributed by atoms with Crippen LogP contribution in [0.15, 0.2) is 30.5 Å². The van der Waals surface area contributed by atoms with Crippen LogP contribution in [0.5, 0.6) is 0 Å². The van der Waals surface area contributed by atoms with Crippen molar-refractivity contribution in [2.75, 3.05) is 5.32 Å². The summed E-state index contributed by atoms with van der Waals surface area (Å²) < 4.78 is 1.75. The maximum atomic E-state index is 12.7.